The summed E-state index contributed by atoms with van der Waals surface area (Å²) in [5.41, 5.74) is 1.18. The van der Waals surface area contributed by atoms with Crippen LogP contribution in [0.3, 0.4) is 0 Å². The number of unbranched alkanes of at least 4 members (excludes halogenated alkanes) is 4. The Bertz CT molecular complexity index is 841. The summed E-state index contributed by atoms with van der Waals surface area (Å²) in [6, 6.07) is 7.81. The molecule has 0 saturated carbocycles. The van der Waals surface area contributed by atoms with E-state index in [0.717, 1.165) is 31.2 Å². The summed E-state index contributed by atoms with van der Waals surface area (Å²) >= 11 is 0. The second kappa shape index (κ2) is 11.7. The summed E-state index contributed by atoms with van der Waals surface area (Å²) in [5.74, 6) is -1.79. The van der Waals surface area contributed by atoms with Crippen LogP contribution in [-0.4, -0.2) is 6.61 Å². The Balaban J connectivity index is 1.65. The molecule has 0 radical (unpaired) electrons. The molecule has 1 nitrogen and oxygen atoms in total. The van der Waals surface area contributed by atoms with Crippen LogP contribution in [0.4, 0.5) is 13.2 Å². The number of benzene rings is 2. The van der Waals surface area contributed by atoms with E-state index >= 15 is 0 Å². The standard InChI is InChI=1S/C27H35F3O/c1-3-5-7-8-9-19-11-16-25(31-18-19)21-13-14-22(24(28)17-21)23-15-12-20(10-6-4-2)26(29)27(23)30/h12-15,17,19,25H,3-11,16,18H2,1-2H3. The molecule has 0 amide bonds. The first kappa shape index (κ1) is 23.8. The molecule has 0 N–H and O–H groups in total. The van der Waals surface area contributed by atoms with Crippen molar-refractivity contribution in [2.45, 2.75) is 84.2 Å². The molecule has 1 aliphatic heterocycles. The lowest BCUT2D eigenvalue weighted by molar-refractivity contribution is -0.0200. The molecule has 2 aromatic rings. The molecule has 0 aromatic heterocycles. The van der Waals surface area contributed by atoms with Gasteiger partial charge in [0.1, 0.15) is 5.82 Å². The molecule has 2 unspecified atom stereocenters. The number of hydrogen-bond acceptors (Lipinski definition) is 1. The van der Waals surface area contributed by atoms with E-state index in [9.17, 15) is 13.2 Å². The van der Waals surface area contributed by atoms with E-state index in [1.807, 2.05) is 6.92 Å². The Morgan fingerprint density at radius 2 is 1.61 bits per heavy atom. The van der Waals surface area contributed by atoms with E-state index < -0.39 is 17.5 Å². The van der Waals surface area contributed by atoms with Crippen molar-refractivity contribution in [1.82, 2.24) is 0 Å². The number of aryl methyl sites for hydroxylation is 1. The molecule has 0 bridgehead atoms. The molecule has 2 atom stereocenters. The molecule has 2 aromatic carbocycles. The number of rotatable bonds is 10. The lowest BCUT2D eigenvalue weighted by atomic mass is 9.90. The van der Waals surface area contributed by atoms with Gasteiger partial charge in [0, 0.05) is 11.1 Å². The van der Waals surface area contributed by atoms with Crippen LogP contribution >= 0.6 is 0 Å². The second-order valence-corrected chi connectivity index (χ2v) is 8.86. The van der Waals surface area contributed by atoms with Crippen LogP contribution in [0.25, 0.3) is 11.1 Å². The third-order valence-corrected chi connectivity index (χ3v) is 6.45. The monoisotopic (exact) mass is 432 g/mol. The molecule has 31 heavy (non-hydrogen) atoms. The maximum absolute atomic E-state index is 14.9. The quantitative estimate of drug-likeness (QED) is 0.342. The summed E-state index contributed by atoms with van der Waals surface area (Å²) in [6.45, 7) is 4.93. The van der Waals surface area contributed by atoms with Gasteiger partial charge in [-0.1, -0.05) is 70.2 Å². The minimum Gasteiger partial charge on any atom is -0.373 e. The first-order chi connectivity index (χ1) is 15.0. The third kappa shape index (κ3) is 6.12. The first-order valence-corrected chi connectivity index (χ1v) is 11.9. The molecule has 0 aliphatic carbocycles. The lowest BCUT2D eigenvalue weighted by Gasteiger charge is -2.29. The van der Waals surface area contributed by atoms with Gasteiger partial charge >= 0.3 is 0 Å². The van der Waals surface area contributed by atoms with Crippen molar-refractivity contribution in [3.63, 3.8) is 0 Å². The van der Waals surface area contributed by atoms with Crippen molar-refractivity contribution in [1.29, 1.82) is 0 Å². The van der Waals surface area contributed by atoms with Crippen LogP contribution < -0.4 is 0 Å². The zero-order valence-electron chi connectivity index (χ0n) is 18.9. The Morgan fingerprint density at radius 3 is 2.29 bits per heavy atom. The van der Waals surface area contributed by atoms with Crippen LogP contribution in [0.15, 0.2) is 30.3 Å². The maximum atomic E-state index is 14.9. The molecule has 4 heteroatoms. The van der Waals surface area contributed by atoms with E-state index in [2.05, 4.69) is 6.92 Å². The minimum absolute atomic E-state index is 0.0292. The van der Waals surface area contributed by atoms with Gasteiger partial charge in [-0.15, -0.1) is 0 Å². The van der Waals surface area contributed by atoms with Gasteiger partial charge in [-0.2, -0.15) is 0 Å². The Labute approximate surface area is 185 Å². The average molecular weight is 433 g/mol. The summed E-state index contributed by atoms with van der Waals surface area (Å²) < 4.78 is 50.0. The fourth-order valence-electron chi connectivity index (χ4n) is 4.46. The lowest BCUT2D eigenvalue weighted by Crippen LogP contribution is -2.20. The van der Waals surface area contributed by atoms with Crippen molar-refractivity contribution in [2.75, 3.05) is 6.61 Å². The van der Waals surface area contributed by atoms with E-state index in [1.54, 1.807) is 18.2 Å². The smallest absolute Gasteiger partial charge is 0.167 e. The molecule has 1 saturated heterocycles. The van der Waals surface area contributed by atoms with Crippen molar-refractivity contribution in [3.05, 3.63) is 58.9 Å². The molecule has 1 aliphatic rings. The Hall–Kier alpha value is -1.81. The van der Waals surface area contributed by atoms with Crippen molar-refractivity contribution < 1.29 is 17.9 Å². The summed E-state index contributed by atoms with van der Waals surface area (Å²) in [5, 5.41) is 0. The van der Waals surface area contributed by atoms with Crippen LogP contribution in [0, 0.1) is 23.4 Å². The zero-order chi connectivity index (χ0) is 22.2. The molecule has 1 fully saturated rings. The molecular weight excluding hydrogens is 397 g/mol. The van der Waals surface area contributed by atoms with Gasteiger partial charge < -0.3 is 4.74 Å². The zero-order valence-corrected chi connectivity index (χ0v) is 18.9. The van der Waals surface area contributed by atoms with Crippen molar-refractivity contribution in [2.24, 2.45) is 5.92 Å². The van der Waals surface area contributed by atoms with Crippen molar-refractivity contribution in [3.8, 4) is 11.1 Å². The second-order valence-electron chi connectivity index (χ2n) is 8.86. The van der Waals surface area contributed by atoms with Crippen LogP contribution in [0.5, 0.6) is 0 Å². The van der Waals surface area contributed by atoms with Crippen LogP contribution in [-0.2, 0) is 11.2 Å². The summed E-state index contributed by atoms with van der Waals surface area (Å²) in [7, 11) is 0. The highest BCUT2D eigenvalue weighted by molar-refractivity contribution is 5.66. The number of hydrogen-bond donors (Lipinski definition) is 0. The topological polar surface area (TPSA) is 9.23 Å². The highest BCUT2D eigenvalue weighted by Crippen LogP contribution is 2.35. The SMILES string of the molecule is CCCCCCC1CCC(c2ccc(-c3ccc(CCCC)c(F)c3F)c(F)c2)OC1. The van der Waals surface area contributed by atoms with Gasteiger partial charge in [0.15, 0.2) is 11.6 Å². The van der Waals surface area contributed by atoms with Gasteiger partial charge in [-0.05, 0) is 55.2 Å². The molecule has 0 spiro atoms. The molecule has 3 rings (SSSR count). The fraction of sp³-hybridized carbons (Fsp3) is 0.556. The summed E-state index contributed by atoms with van der Waals surface area (Å²) in [6.07, 6.45) is 10.2. The van der Waals surface area contributed by atoms with E-state index in [1.165, 1.54) is 44.2 Å². The average Bonchev–Trinajstić information content (AvgIpc) is 2.78. The van der Waals surface area contributed by atoms with E-state index in [-0.39, 0.29) is 17.2 Å². The first-order valence-electron chi connectivity index (χ1n) is 11.9. The van der Waals surface area contributed by atoms with Crippen LogP contribution in [0.1, 0.15) is 88.9 Å². The molecule has 1 heterocycles. The normalized spacial score (nSPS) is 19.0. The van der Waals surface area contributed by atoms with Gasteiger partial charge in [-0.25, -0.2) is 13.2 Å². The van der Waals surface area contributed by atoms with Crippen molar-refractivity contribution >= 4 is 0 Å². The summed E-state index contributed by atoms with van der Waals surface area (Å²) in [4.78, 5) is 0. The van der Waals surface area contributed by atoms with Gasteiger partial charge in [-0.3, -0.25) is 0 Å². The molecule has 170 valence electrons. The predicted molar refractivity (Wildman–Crippen MR) is 121 cm³/mol. The minimum atomic E-state index is -0.972. The van der Waals surface area contributed by atoms with E-state index in [4.69, 9.17) is 4.74 Å². The van der Waals surface area contributed by atoms with E-state index in [0.29, 0.717) is 24.5 Å². The van der Waals surface area contributed by atoms with Gasteiger partial charge in [0.05, 0.1) is 12.7 Å². The van der Waals surface area contributed by atoms with Gasteiger partial charge in [0.25, 0.3) is 0 Å². The van der Waals surface area contributed by atoms with Crippen LogP contribution in [0.2, 0.25) is 0 Å². The third-order valence-electron chi connectivity index (χ3n) is 6.45. The Kier molecular flexibility index (Phi) is 9.01. The number of halogens is 3. The molecular formula is C27H35F3O. The largest absolute Gasteiger partial charge is 0.373 e. The number of ether oxygens (including phenoxy) is 1. The van der Waals surface area contributed by atoms with Gasteiger partial charge in [0.2, 0.25) is 0 Å². The highest BCUT2D eigenvalue weighted by atomic mass is 19.2. The Morgan fingerprint density at radius 1 is 0.839 bits per heavy atom. The maximum Gasteiger partial charge on any atom is 0.167 e. The fourth-order valence-corrected chi connectivity index (χ4v) is 4.46. The predicted octanol–water partition coefficient (Wildman–Crippen LogP) is 8.55. The highest BCUT2D eigenvalue weighted by Gasteiger charge is 2.24.